The second kappa shape index (κ2) is 6.70. The van der Waals surface area contributed by atoms with Gasteiger partial charge >= 0.3 is 0 Å². The number of hydrogen-bond donors (Lipinski definition) is 0. The maximum Gasteiger partial charge on any atom is 0.181 e. The Balaban J connectivity index is 1.54. The molecule has 5 rings (SSSR count). The fourth-order valence-electron chi connectivity index (χ4n) is 3.90. The SMILES string of the molecule is Fc1ccc(F)c([C@H]2CCCN2c2ccn3ncc(N4C=CN=CC4)c3n2)c1. The number of aliphatic imine (C=N–C) groups is 1. The molecule has 1 atom stereocenters. The molecule has 0 aliphatic carbocycles. The highest BCUT2D eigenvalue weighted by molar-refractivity contribution is 5.77. The van der Waals surface area contributed by atoms with Crippen LogP contribution < -0.4 is 9.80 Å². The Morgan fingerprint density at radius 1 is 1.14 bits per heavy atom. The molecule has 2 aromatic heterocycles. The molecule has 0 bridgehead atoms. The third kappa shape index (κ3) is 2.81. The molecule has 0 amide bonds. The number of rotatable bonds is 3. The third-order valence-corrected chi connectivity index (χ3v) is 5.23. The van der Waals surface area contributed by atoms with Crippen molar-refractivity contribution in [2.24, 2.45) is 4.99 Å². The minimum atomic E-state index is -0.428. The summed E-state index contributed by atoms with van der Waals surface area (Å²) in [6.45, 7) is 1.38. The largest absolute Gasteiger partial charge is 0.349 e. The molecule has 0 unspecified atom stereocenters. The van der Waals surface area contributed by atoms with Crippen molar-refractivity contribution in [1.29, 1.82) is 0 Å². The van der Waals surface area contributed by atoms with Crippen LogP contribution in [0.15, 0.2) is 54.1 Å². The molecule has 0 saturated carbocycles. The first-order chi connectivity index (χ1) is 13.7. The number of anilines is 2. The average Bonchev–Trinajstić information content (AvgIpc) is 3.37. The van der Waals surface area contributed by atoms with Crippen molar-refractivity contribution in [2.75, 3.05) is 22.9 Å². The second-order valence-electron chi connectivity index (χ2n) is 6.88. The second-order valence-corrected chi connectivity index (χ2v) is 6.88. The molecule has 0 spiro atoms. The Labute approximate surface area is 160 Å². The molecule has 0 radical (unpaired) electrons. The number of aromatic nitrogens is 3. The molecule has 28 heavy (non-hydrogen) atoms. The molecule has 142 valence electrons. The van der Waals surface area contributed by atoms with Crippen LogP contribution in [0.4, 0.5) is 20.3 Å². The zero-order chi connectivity index (χ0) is 19.1. The zero-order valence-electron chi connectivity index (χ0n) is 15.0. The Hall–Kier alpha value is -3.29. The molecule has 2 aliphatic rings. The van der Waals surface area contributed by atoms with Crippen LogP contribution in [0.5, 0.6) is 0 Å². The normalized spacial score (nSPS) is 19.1. The van der Waals surface area contributed by atoms with Gasteiger partial charge < -0.3 is 9.80 Å². The van der Waals surface area contributed by atoms with Crippen LogP contribution in [0.2, 0.25) is 0 Å². The number of fused-ring (bicyclic) bond motifs is 1. The number of hydrogen-bond acceptors (Lipinski definition) is 5. The maximum atomic E-state index is 14.4. The van der Waals surface area contributed by atoms with Crippen molar-refractivity contribution in [3.8, 4) is 0 Å². The van der Waals surface area contributed by atoms with Gasteiger partial charge in [-0.2, -0.15) is 5.10 Å². The van der Waals surface area contributed by atoms with Gasteiger partial charge in [0.2, 0.25) is 0 Å². The quantitative estimate of drug-likeness (QED) is 0.695. The lowest BCUT2D eigenvalue weighted by Crippen LogP contribution is -2.25. The summed E-state index contributed by atoms with van der Waals surface area (Å²) in [7, 11) is 0. The number of nitrogens with zero attached hydrogens (tertiary/aromatic N) is 6. The van der Waals surface area contributed by atoms with Crippen molar-refractivity contribution in [1.82, 2.24) is 14.6 Å². The summed E-state index contributed by atoms with van der Waals surface area (Å²) >= 11 is 0. The van der Waals surface area contributed by atoms with Gasteiger partial charge in [-0.1, -0.05) is 0 Å². The van der Waals surface area contributed by atoms with Crippen molar-refractivity contribution >= 4 is 23.4 Å². The van der Waals surface area contributed by atoms with E-state index in [-0.39, 0.29) is 11.9 Å². The Bertz CT molecular complexity index is 1090. The van der Waals surface area contributed by atoms with Gasteiger partial charge in [-0.05, 0) is 37.1 Å². The van der Waals surface area contributed by atoms with Gasteiger partial charge in [0.1, 0.15) is 23.1 Å². The van der Waals surface area contributed by atoms with Gasteiger partial charge in [0.25, 0.3) is 0 Å². The lowest BCUT2D eigenvalue weighted by molar-refractivity contribution is 0.560. The minimum Gasteiger partial charge on any atom is -0.349 e. The van der Waals surface area contributed by atoms with Crippen LogP contribution in [0.3, 0.4) is 0 Å². The van der Waals surface area contributed by atoms with E-state index in [9.17, 15) is 8.78 Å². The molecule has 1 fully saturated rings. The lowest BCUT2D eigenvalue weighted by atomic mass is 10.0. The molecule has 8 heteroatoms. The highest BCUT2D eigenvalue weighted by atomic mass is 19.1. The predicted molar refractivity (Wildman–Crippen MR) is 104 cm³/mol. The highest BCUT2D eigenvalue weighted by Crippen LogP contribution is 2.37. The summed E-state index contributed by atoms with van der Waals surface area (Å²) < 4.78 is 29.8. The van der Waals surface area contributed by atoms with Crippen molar-refractivity contribution in [2.45, 2.75) is 18.9 Å². The van der Waals surface area contributed by atoms with E-state index in [2.05, 4.69) is 10.1 Å². The van der Waals surface area contributed by atoms with Crippen molar-refractivity contribution in [3.05, 3.63) is 66.3 Å². The molecule has 2 aliphatic heterocycles. The standard InChI is InChI=1S/C20H18F2N6/c21-14-3-4-16(22)15(12-14)17-2-1-8-27(17)19-5-9-28-20(25-19)18(13-24-28)26-10-6-23-7-11-26/h3-7,9-10,12-13,17H,1-2,8,11H2/t17-/m1/s1. The van der Waals surface area contributed by atoms with Gasteiger partial charge in [0.05, 0.1) is 18.8 Å². The highest BCUT2D eigenvalue weighted by Gasteiger charge is 2.30. The van der Waals surface area contributed by atoms with Crippen LogP contribution in [-0.4, -0.2) is 33.9 Å². The van der Waals surface area contributed by atoms with E-state index < -0.39 is 5.82 Å². The molecule has 6 nitrogen and oxygen atoms in total. The van der Waals surface area contributed by atoms with Crippen molar-refractivity contribution in [3.63, 3.8) is 0 Å². The summed E-state index contributed by atoms with van der Waals surface area (Å²) in [5, 5.41) is 4.37. The third-order valence-electron chi connectivity index (χ3n) is 5.23. The van der Waals surface area contributed by atoms with E-state index in [1.54, 1.807) is 16.9 Å². The first-order valence-corrected chi connectivity index (χ1v) is 9.21. The summed E-state index contributed by atoms with van der Waals surface area (Å²) in [6.07, 6.45) is 10.7. The number of benzene rings is 1. The smallest absolute Gasteiger partial charge is 0.181 e. The minimum absolute atomic E-state index is 0.237. The van der Waals surface area contributed by atoms with Crippen LogP contribution >= 0.6 is 0 Å². The first-order valence-electron chi connectivity index (χ1n) is 9.21. The first kappa shape index (κ1) is 16.9. The van der Waals surface area contributed by atoms with Gasteiger partial charge in [-0.15, -0.1) is 0 Å². The number of halogens is 2. The van der Waals surface area contributed by atoms with Crippen LogP contribution in [-0.2, 0) is 0 Å². The average molecular weight is 380 g/mol. The molecular formula is C20H18F2N6. The van der Waals surface area contributed by atoms with E-state index in [0.29, 0.717) is 17.8 Å². The molecule has 0 N–H and O–H groups in total. The predicted octanol–water partition coefficient (Wildman–Crippen LogP) is 3.71. The van der Waals surface area contributed by atoms with E-state index in [1.165, 1.54) is 12.1 Å². The summed E-state index contributed by atoms with van der Waals surface area (Å²) in [6, 6.07) is 5.26. The van der Waals surface area contributed by atoms with Crippen LogP contribution in [0, 0.1) is 11.6 Å². The van der Waals surface area contributed by atoms with Gasteiger partial charge in [0, 0.05) is 36.9 Å². The maximum absolute atomic E-state index is 14.4. The molecule has 4 heterocycles. The van der Waals surface area contributed by atoms with Gasteiger partial charge in [-0.3, -0.25) is 4.99 Å². The van der Waals surface area contributed by atoms with Gasteiger partial charge in [0.15, 0.2) is 5.65 Å². The molecule has 1 saturated heterocycles. The van der Waals surface area contributed by atoms with E-state index >= 15 is 0 Å². The van der Waals surface area contributed by atoms with E-state index in [1.807, 2.05) is 34.5 Å². The molecular weight excluding hydrogens is 362 g/mol. The van der Waals surface area contributed by atoms with E-state index in [4.69, 9.17) is 4.98 Å². The van der Waals surface area contributed by atoms with Gasteiger partial charge in [-0.25, -0.2) is 18.3 Å². The topological polar surface area (TPSA) is 49.0 Å². The Morgan fingerprint density at radius 3 is 2.93 bits per heavy atom. The fourth-order valence-corrected chi connectivity index (χ4v) is 3.90. The van der Waals surface area contributed by atoms with Crippen LogP contribution in [0.25, 0.3) is 5.65 Å². The Morgan fingerprint density at radius 2 is 2.07 bits per heavy atom. The molecule has 3 aromatic rings. The summed E-state index contributed by atoms with van der Waals surface area (Å²) in [4.78, 5) is 13.0. The zero-order valence-corrected chi connectivity index (χ0v) is 15.0. The van der Waals surface area contributed by atoms with Crippen molar-refractivity contribution < 1.29 is 8.78 Å². The summed E-state index contributed by atoms with van der Waals surface area (Å²) in [5.74, 6) is -0.0829. The monoisotopic (exact) mass is 380 g/mol. The Kier molecular flexibility index (Phi) is 4.03. The van der Waals surface area contributed by atoms with E-state index in [0.717, 1.165) is 37.0 Å². The molecule has 1 aromatic carbocycles. The lowest BCUT2D eigenvalue weighted by Gasteiger charge is -2.26. The fraction of sp³-hybridized carbons (Fsp3) is 0.250. The van der Waals surface area contributed by atoms with Crippen LogP contribution in [0.1, 0.15) is 24.4 Å². The summed E-state index contributed by atoms with van der Waals surface area (Å²) in [5.41, 5.74) is 1.96.